The largest absolute Gasteiger partial charge is 0.275 e. The Morgan fingerprint density at radius 1 is 1.29 bits per heavy atom. The van der Waals surface area contributed by atoms with Crippen LogP contribution in [0.1, 0.15) is 63.5 Å². The van der Waals surface area contributed by atoms with E-state index in [2.05, 4.69) is 17.4 Å². The third kappa shape index (κ3) is 5.33. The first-order valence-corrected chi connectivity index (χ1v) is 6.72. The molecule has 0 saturated heterocycles. The molecule has 0 aromatic carbocycles. The molecule has 17 heavy (non-hydrogen) atoms. The van der Waals surface area contributed by atoms with Crippen molar-refractivity contribution in [1.29, 1.82) is 0 Å². The van der Waals surface area contributed by atoms with E-state index in [0.717, 1.165) is 6.42 Å². The maximum atomic E-state index is 5.59. The highest BCUT2D eigenvalue weighted by Gasteiger charge is 2.10. The van der Waals surface area contributed by atoms with E-state index < -0.39 is 0 Å². The minimum atomic E-state index is 0.245. The van der Waals surface area contributed by atoms with Gasteiger partial charge in [-0.25, -0.2) is 0 Å². The Labute approximate surface area is 105 Å². The predicted octanol–water partition coefficient (Wildman–Crippen LogP) is 2.68. The van der Waals surface area contributed by atoms with Gasteiger partial charge in [0.2, 0.25) is 0 Å². The Bertz CT molecular complexity index is 295. The zero-order chi connectivity index (χ0) is 12.5. The highest BCUT2D eigenvalue weighted by Crippen LogP contribution is 2.18. The van der Waals surface area contributed by atoms with Crippen molar-refractivity contribution in [2.45, 2.75) is 57.9 Å². The molecule has 0 amide bonds. The van der Waals surface area contributed by atoms with Gasteiger partial charge in [0, 0.05) is 24.8 Å². The monoisotopic (exact) mass is 238 g/mol. The zero-order valence-electron chi connectivity index (χ0n) is 11.2. The van der Waals surface area contributed by atoms with Gasteiger partial charge < -0.3 is 0 Å². The number of hydrazine groups is 1. The molecule has 1 unspecified atom stereocenters. The van der Waals surface area contributed by atoms with Gasteiger partial charge in [0.05, 0.1) is 6.20 Å². The van der Waals surface area contributed by atoms with E-state index in [1.807, 2.05) is 24.1 Å². The van der Waals surface area contributed by atoms with Crippen molar-refractivity contribution in [2.75, 3.05) is 0 Å². The van der Waals surface area contributed by atoms with E-state index >= 15 is 0 Å². The molecule has 0 spiro atoms. The first kappa shape index (κ1) is 14.2. The second-order valence-corrected chi connectivity index (χ2v) is 4.72. The maximum Gasteiger partial charge on any atom is 0.0538 e. The number of nitrogens with one attached hydrogen (secondary N) is 1. The molecule has 1 aromatic rings. The predicted molar refractivity (Wildman–Crippen MR) is 71.3 cm³/mol. The Morgan fingerprint density at radius 3 is 2.59 bits per heavy atom. The van der Waals surface area contributed by atoms with Crippen molar-refractivity contribution in [2.24, 2.45) is 12.9 Å². The second kappa shape index (κ2) is 8.25. The van der Waals surface area contributed by atoms with Crippen molar-refractivity contribution in [3.05, 3.63) is 18.0 Å². The average molecular weight is 238 g/mol. The van der Waals surface area contributed by atoms with Crippen LogP contribution in [0.15, 0.2) is 12.4 Å². The lowest BCUT2D eigenvalue weighted by atomic mass is 10.0. The van der Waals surface area contributed by atoms with Crippen molar-refractivity contribution >= 4 is 0 Å². The molecule has 1 aromatic heterocycles. The van der Waals surface area contributed by atoms with Crippen molar-refractivity contribution in [3.63, 3.8) is 0 Å². The van der Waals surface area contributed by atoms with Crippen LogP contribution in [0.3, 0.4) is 0 Å². The third-order valence-corrected chi connectivity index (χ3v) is 3.17. The third-order valence-electron chi connectivity index (χ3n) is 3.17. The van der Waals surface area contributed by atoms with Gasteiger partial charge in [0.15, 0.2) is 0 Å². The summed E-state index contributed by atoms with van der Waals surface area (Å²) in [5.74, 6) is 5.59. The number of nitrogens with zero attached hydrogens (tertiary/aromatic N) is 2. The number of rotatable bonds is 9. The molecule has 1 atom stereocenters. The molecule has 4 heteroatoms. The van der Waals surface area contributed by atoms with Crippen LogP contribution >= 0.6 is 0 Å². The number of unbranched alkanes of at least 4 members (excludes halogenated alkanes) is 5. The van der Waals surface area contributed by atoms with Gasteiger partial charge >= 0.3 is 0 Å². The number of nitrogens with two attached hydrogens (primary N) is 1. The molecule has 0 saturated carbocycles. The highest BCUT2D eigenvalue weighted by atomic mass is 15.3. The Morgan fingerprint density at radius 2 is 2.00 bits per heavy atom. The van der Waals surface area contributed by atoms with Crippen LogP contribution in [0.4, 0.5) is 0 Å². The molecule has 0 aliphatic heterocycles. The number of aromatic nitrogens is 2. The topological polar surface area (TPSA) is 55.9 Å². The fraction of sp³-hybridized carbons (Fsp3) is 0.769. The van der Waals surface area contributed by atoms with Gasteiger partial charge in [-0.05, 0) is 6.42 Å². The van der Waals surface area contributed by atoms with Crippen molar-refractivity contribution in [1.82, 2.24) is 15.2 Å². The highest BCUT2D eigenvalue weighted by molar-refractivity contribution is 5.09. The first-order valence-electron chi connectivity index (χ1n) is 6.72. The summed E-state index contributed by atoms with van der Waals surface area (Å²) in [7, 11) is 1.93. The van der Waals surface area contributed by atoms with E-state index in [1.54, 1.807) is 0 Å². The van der Waals surface area contributed by atoms with Gasteiger partial charge in [-0.1, -0.05) is 45.4 Å². The van der Waals surface area contributed by atoms with Gasteiger partial charge in [0.25, 0.3) is 0 Å². The van der Waals surface area contributed by atoms with Crippen LogP contribution in [-0.2, 0) is 7.05 Å². The Hall–Kier alpha value is -0.870. The second-order valence-electron chi connectivity index (χ2n) is 4.72. The van der Waals surface area contributed by atoms with E-state index in [0.29, 0.717) is 0 Å². The minimum Gasteiger partial charge on any atom is -0.275 e. The van der Waals surface area contributed by atoms with Crippen LogP contribution < -0.4 is 11.3 Å². The molecular formula is C13H26N4. The lowest BCUT2D eigenvalue weighted by Gasteiger charge is -2.13. The molecule has 1 rings (SSSR count). The van der Waals surface area contributed by atoms with Crippen molar-refractivity contribution < 1.29 is 0 Å². The Kier molecular flexibility index (Phi) is 6.89. The van der Waals surface area contributed by atoms with E-state index in [1.165, 1.54) is 44.1 Å². The summed E-state index contributed by atoms with van der Waals surface area (Å²) in [6.07, 6.45) is 12.9. The maximum absolute atomic E-state index is 5.59. The summed E-state index contributed by atoms with van der Waals surface area (Å²) in [4.78, 5) is 0. The number of hydrogen-bond acceptors (Lipinski definition) is 3. The summed E-state index contributed by atoms with van der Waals surface area (Å²) >= 11 is 0. The molecule has 4 nitrogen and oxygen atoms in total. The molecule has 0 fully saturated rings. The SMILES string of the molecule is CCCCCCCCC(NN)c1cnn(C)c1. The number of aryl methyl sites for hydroxylation is 1. The Balaban J connectivity index is 2.19. The average Bonchev–Trinajstić information content (AvgIpc) is 2.75. The summed E-state index contributed by atoms with van der Waals surface area (Å²) in [5, 5.41) is 4.18. The molecule has 1 heterocycles. The van der Waals surface area contributed by atoms with Crippen LogP contribution in [0, 0.1) is 0 Å². The summed E-state index contributed by atoms with van der Waals surface area (Å²) in [5.41, 5.74) is 4.06. The van der Waals surface area contributed by atoms with Crippen LogP contribution in [0.25, 0.3) is 0 Å². The fourth-order valence-electron chi connectivity index (χ4n) is 2.10. The number of hydrogen-bond donors (Lipinski definition) is 2. The van der Waals surface area contributed by atoms with Crippen LogP contribution in [-0.4, -0.2) is 9.78 Å². The molecule has 0 bridgehead atoms. The smallest absolute Gasteiger partial charge is 0.0538 e. The fourth-order valence-corrected chi connectivity index (χ4v) is 2.10. The van der Waals surface area contributed by atoms with Crippen LogP contribution in [0.2, 0.25) is 0 Å². The summed E-state index contributed by atoms with van der Waals surface area (Å²) < 4.78 is 1.82. The summed E-state index contributed by atoms with van der Waals surface area (Å²) in [6.45, 7) is 2.25. The molecule has 0 aliphatic rings. The molecule has 0 radical (unpaired) electrons. The lowest BCUT2D eigenvalue weighted by Crippen LogP contribution is -2.27. The van der Waals surface area contributed by atoms with Gasteiger partial charge in [-0.15, -0.1) is 0 Å². The molecule has 0 aliphatic carbocycles. The van der Waals surface area contributed by atoms with E-state index in [4.69, 9.17) is 5.84 Å². The first-order chi connectivity index (χ1) is 8.27. The van der Waals surface area contributed by atoms with E-state index in [9.17, 15) is 0 Å². The van der Waals surface area contributed by atoms with Crippen LogP contribution in [0.5, 0.6) is 0 Å². The van der Waals surface area contributed by atoms with E-state index in [-0.39, 0.29) is 6.04 Å². The lowest BCUT2D eigenvalue weighted by molar-refractivity contribution is 0.477. The molecule has 98 valence electrons. The van der Waals surface area contributed by atoms with Gasteiger partial charge in [-0.3, -0.25) is 16.0 Å². The summed E-state index contributed by atoms with van der Waals surface area (Å²) in [6, 6.07) is 0.245. The standard InChI is InChI=1S/C13H26N4/c1-3-4-5-6-7-8-9-13(16-14)12-10-15-17(2)11-12/h10-11,13,16H,3-9,14H2,1-2H3. The van der Waals surface area contributed by atoms with Gasteiger partial charge in [0.1, 0.15) is 0 Å². The van der Waals surface area contributed by atoms with Gasteiger partial charge in [-0.2, -0.15) is 5.10 Å². The molecular weight excluding hydrogens is 212 g/mol. The quantitative estimate of drug-likeness (QED) is 0.395. The minimum absolute atomic E-state index is 0.245. The molecule has 3 N–H and O–H groups in total. The zero-order valence-corrected chi connectivity index (χ0v) is 11.2. The normalized spacial score (nSPS) is 12.9. The van der Waals surface area contributed by atoms with Crippen molar-refractivity contribution in [3.8, 4) is 0 Å².